The minimum absolute atomic E-state index is 0.250. The van der Waals surface area contributed by atoms with Gasteiger partial charge in [0, 0.05) is 38.4 Å². The zero-order valence-corrected chi connectivity index (χ0v) is 13.0. The number of hydrogen-bond donors (Lipinski definition) is 2. The molecule has 1 aromatic rings. The summed E-state index contributed by atoms with van der Waals surface area (Å²) in [6, 6.07) is 8.35. The third kappa shape index (κ3) is 4.44. The van der Waals surface area contributed by atoms with Crippen molar-refractivity contribution < 1.29 is 4.79 Å². The average Bonchev–Trinajstić information content (AvgIpc) is 2.47. The number of likely N-dealkylation sites (N-methyl/N-ethyl adjacent to an activating group) is 1. The molecule has 5 nitrogen and oxygen atoms in total. The van der Waals surface area contributed by atoms with Crippen LogP contribution < -0.4 is 16.0 Å². The summed E-state index contributed by atoms with van der Waals surface area (Å²) in [6.07, 6.45) is 0. The van der Waals surface area contributed by atoms with Crippen LogP contribution in [0.15, 0.2) is 24.3 Å². The molecule has 0 radical (unpaired) electrons. The predicted octanol–water partition coefficient (Wildman–Crippen LogP) is 0.580. The number of aryl methyl sites for hydroxylation is 1. The fourth-order valence-electron chi connectivity index (χ4n) is 2.77. The Hall–Kier alpha value is -1.59. The molecule has 3 N–H and O–H groups in total. The zero-order chi connectivity index (χ0) is 15.2. The van der Waals surface area contributed by atoms with E-state index in [-0.39, 0.29) is 11.9 Å². The summed E-state index contributed by atoms with van der Waals surface area (Å²) in [6.45, 7) is 9.47. The minimum atomic E-state index is -0.266. The number of rotatable bonds is 6. The molecule has 0 saturated carbocycles. The second-order valence-electron chi connectivity index (χ2n) is 5.64. The third-order valence-corrected chi connectivity index (χ3v) is 3.97. The van der Waals surface area contributed by atoms with Gasteiger partial charge in [-0.2, -0.15) is 0 Å². The van der Waals surface area contributed by atoms with Gasteiger partial charge in [-0.05, 0) is 31.2 Å². The van der Waals surface area contributed by atoms with Crippen LogP contribution in [0.25, 0.3) is 0 Å². The molecule has 1 aromatic carbocycles. The summed E-state index contributed by atoms with van der Waals surface area (Å²) in [7, 11) is 0. The van der Waals surface area contributed by atoms with E-state index in [1.807, 2.05) is 6.92 Å². The summed E-state index contributed by atoms with van der Waals surface area (Å²) in [5.74, 6) is -0.266. The molecule has 1 unspecified atom stereocenters. The monoisotopic (exact) mass is 290 g/mol. The van der Waals surface area contributed by atoms with Crippen LogP contribution in [0.4, 0.5) is 5.69 Å². The summed E-state index contributed by atoms with van der Waals surface area (Å²) >= 11 is 0. The zero-order valence-electron chi connectivity index (χ0n) is 13.0. The molecular weight excluding hydrogens is 264 g/mol. The van der Waals surface area contributed by atoms with E-state index in [1.165, 1.54) is 11.3 Å². The first kappa shape index (κ1) is 15.8. The number of nitrogens with two attached hydrogens (primary N) is 1. The Morgan fingerprint density at radius 3 is 2.62 bits per heavy atom. The molecule has 2 rings (SSSR count). The molecule has 21 heavy (non-hydrogen) atoms. The maximum atomic E-state index is 11.4. The van der Waals surface area contributed by atoms with Crippen LogP contribution in [0.3, 0.4) is 0 Å². The van der Waals surface area contributed by atoms with Crippen molar-refractivity contribution in [3.8, 4) is 0 Å². The highest BCUT2D eigenvalue weighted by atomic mass is 16.1. The number of nitrogens with zero attached hydrogens (tertiary/aromatic N) is 2. The van der Waals surface area contributed by atoms with Gasteiger partial charge >= 0.3 is 0 Å². The first-order chi connectivity index (χ1) is 10.1. The number of nitrogens with one attached hydrogen (secondary N) is 1. The maximum absolute atomic E-state index is 11.4. The van der Waals surface area contributed by atoms with Crippen molar-refractivity contribution in [2.75, 3.05) is 44.2 Å². The molecule has 1 aliphatic heterocycles. The van der Waals surface area contributed by atoms with Gasteiger partial charge in [0.25, 0.3) is 0 Å². The topological polar surface area (TPSA) is 61.6 Å². The highest BCUT2D eigenvalue weighted by Gasteiger charge is 2.22. The van der Waals surface area contributed by atoms with E-state index in [9.17, 15) is 4.79 Å². The molecule has 1 saturated heterocycles. The van der Waals surface area contributed by atoms with Gasteiger partial charge in [0.05, 0.1) is 6.04 Å². The Morgan fingerprint density at radius 1 is 1.33 bits per heavy atom. The van der Waals surface area contributed by atoms with Crippen LogP contribution in [-0.2, 0) is 4.79 Å². The van der Waals surface area contributed by atoms with Crippen molar-refractivity contribution in [2.45, 2.75) is 19.9 Å². The number of carbonyl (C=O) groups excluding carboxylic acids is 1. The Bertz CT molecular complexity index is 469. The number of carbonyl (C=O) groups is 1. The Balaban J connectivity index is 1.86. The summed E-state index contributed by atoms with van der Waals surface area (Å²) in [5.41, 5.74) is 8.01. The molecule has 0 aromatic heterocycles. The van der Waals surface area contributed by atoms with Crippen molar-refractivity contribution >= 4 is 11.6 Å². The normalized spacial score (nSPS) is 17.7. The SMILES string of the molecule is CCNC(CN1CCN(c2cccc(C)c2)CC1)C(N)=O. The number of hydrogen-bond acceptors (Lipinski definition) is 4. The third-order valence-electron chi connectivity index (χ3n) is 3.97. The van der Waals surface area contributed by atoms with Gasteiger partial charge in [-0.3, -0.25) is 9.69 Å². The maximum Gasteiger partial charge on any atom is 0.235 e. The summed E-state index contributed by atoms with van der Waals surface area (Å²) in [4.78, 5) is 16.1. The molecule has 0 spiro atoms. The number of primary amides is 1. The first-order valence-electron chi connectivity index (χ1n) is 7.67. The van der Waals surface area contributed by atoms with E-state index in [1.54, 1.807) is 0 Å². The number of benzene rings is 1. The number of anilines is 1. The molecule has 116 valence electrons. The lowest BCUT2D eigenvalue weighted by molar-refractivity contribution is -0.120. The van der Waals surface area contributed by atoms with Gasteiger partial charge < -0.3 is 16.0 Å². The molecule has 1 amide bonds. The van der Waals surface area contributed by atoms with Gasteiger partial charge in [0.15, 0.2) is 0 Å². The first-order valence-corrected chi connectivity index (χ1v) is 7.67. The van der Waals surface area contributed by atoms with Gasteiger partial charge in [0.1, 0.15) is 0 Å². The lowest BCUT2D eigenvalue weighted by Gasteiger charge is -2.37. The quantitative estimate of drug-likeness (QED) is 0.804. The lowest BCUT2D eigenvalue weighted by atomic mass is 10.1. The molecule has 1 atom stereocenters. The number of amides is 1. The molecule has 0 bridgehead atoms. The molecule has 1 aliphatic rings. The highest BCUT2D eigenvalue weighted by molar-refractivity contribution is 5.80. The Kier molecular flexibility index (Phi) is 5.59. The molecule has 1 heterocycles. The minimum Gasteiger partial charge on any atom is -0.369 e. The Morgan fingerprint density at radius 2 is 2.05 bits per heavy atom. The largest absolute Gasteiger partial charge is 0.369 e. The average molecular weight is 290 g/mol. The van der Waals surface area contributed by atoms with Crippen molar-refractivity contribution in [1.82, 2.24) is 10.2 Å². The lowest BCUT2D eigenvalue weighted by Crippen LogP contribution is -2.54. The summed E-state index contributed by atoms with van der Waals surface area (Å²) in [5, 5.41) is 3.15. The van der Waals surface area contributed by atoms with Crippen molar-refractivity contribution in [1.29, 1.82) is 0 Å². The fraction of sp³-hybridized carbons (Fsp3) is 0.562. The van der Waals surface area contributed by atoms with Crippen LogP contribution in [-0.4, -0.2) is 56.1 Å². The standard InChI is InChI=1S/C16H26N4O/c1-3-18-15(16(17)21)12-19-7-9-20(10-8-19)14-6-4-5-13(2)11-14/h4-6,11,15,18H,3,7-10,12H2,1-2H3,(H2,17,21). The van der Waals surface area contributed by atoms with Gasteiger partial charge in [-0.15, -0.1) is 0 Å². The van der Waals surface area contributed by atoms with E-state index in [4.69, 9.17) is 5.73 Å². The fourth-order valence-corrected chi connectivity index (χ4v) is 2.77. The van der Waals surface area contributed by atoms with Gasteiger partial charge in [-0.1, -0.05) is 19.1 Å². The van der Waals surface area contributed by atoms with Crippen molar-refractivity contribution in [3.63, 3.8) is 0 Å². The molecule has 1 fully saturated rings. The van der Waals surface area contributed by atoms with Crippen LogP contribution in [0.5, 0.6) is 0 Å². The smallest absolute Gasteiger partial charge is 0.235 e. The predicted molar refractivity (Wildman–Crippen MR) is 86.5 cm³/mol. The van der Waals surface area contributed by atoms with Gasteiger partial charge in [0.2, 0.25) is 5.91 Å². The van der Waals surface area contributed by atoms with Crippen molar-refractivity contribution in [3.05, 3.63) is 29.8 Å². The van der Waals surface area contributed by atoms with E-state index >= 15 is 0 Å². The van der Waals surface area contributed by atoms with E-state index in [0.29, 0.717) is 6.54 Å². The second kappa shape index (κ2) is 7.43. The molecule has 0 aliphatic carbocycles. The second-order valence-corrected chi connectivity index (χ2v) is 5.64. The summed E-state index contributed by atoms with van der Waals surface area (Å²) < 4.78 is 0. The molecular formula is C16H26N4O. The molecule has 5 heteroatoms. The van der Waals surface area contributed by atoms with Crippen LogP contribution in [0.2, 0.25) is 0 Å². The van der Waals surface area contributed by atoms with Gasteiger partial charge in [-0.25, -0.2) is 0 Å². The van der Waals surface area contributed by atoms with E-state index in [0.717, 1.165) is 32.7 Å². The van der Waals surface area contributed by atoms with Crippen LogP contribution in [0, 0.1) is 6.92 Å². The number of piperazine rings is 1. The van der Waals surface area contributed by atoms with Crippen molar-refractivity contribution in [2.24, 2.45) is 5.73 Å². The Labute approximate surface area is 127 Å². The van der Waals surface area contributed by atoms with E-state index < -0.39 is 0 Å². The highest BCUT2D eigenvalue weighted by Crippen LogP contribution is 2.17. The van der Waals surface area contributed by atoms with Crippen LogP contribution >= 0.6 is 0 Å². The van der Waals surface area contributed by atoms with E-state index in [2.05, 4.69) is 46.3 Å². The van der Waals surface area contributed by atoms with Crippen LogP contribution in [0.1, 0.15) is 12.5 Å².